The van der Waals surface area contributed by atoms with Crippen LogP contribution >= 0.6 is 11.6 Å². The fourth-order valence-corrected chi connectivity index (χ4v) is 3.19. The van der Waals surface area contributed by atoms with E-state index in [1.54, 1.807) is 56.3 Å². The molecule has 0 atom stereocenters. The topological polar surface area (TPSA) is 115 Å². The van der Waals surface area contributed by atoms with Gasteiger partial charge in [-0.2, -0.15) is 9.78 Å². The Morgan fingerprint density at radius 3 is 2.67 bits per heavy atom. The summed E-state index contributed by atoms with van der Waals surface area (Å²) < 4.78 is 12.7. The zero-order valence-electron chi connectivity index (χ0n) is 18.3. The highest BCUT2D eigenvalue weighted by molar-refractivity contribution is 6.30. The third kappa shape index (κ3) is 4.98. The highest BCUT2D eigenvalue weighted by Gasteiger charge is 2.31. The molecule has 3 heterocycles. The fraction of sp³-hybridized carbons (Fsp3) is 0.217. The summed E-state index contributed by atoms with van der Waals surface area (Å²) in [5.74, 6) is 1.01. The Morgan fingerprint density at radius 1 is 1.24 bits per heavy atom. The van der Waals surface area contributed by atoms with Crippen molar-refractivity contribution in [2.24, 2.45) is 0 Å². The van der Waals surface area contributed by atoms with Crippen molar-refractivity contribution in [3.8, 4) is 23.2 Å². The monoisotopic (exact) mass is 467 g/mol. The van der Waals surface area contributed by atoms with Gasteiger partial charge in [-0.3, -0.25) is 14.6 Å². The van der Waals surface area contributed by atoms with Gasteiger partial charge in [-0.25, -0.2) is 4.98 Å². The molecule has 0 saturated heterocycles. The number of halogens is 1. The number of hydrogen-bond acceptors (Lipinski definition) is 6. The number of furan rings is 1. The first kappa shape index (κ1) is 22.3. The minimum absolute atomic E-state index is 0.170. The lowest BCUT2D eigenvalue weighted by Crippen LogP contribution is -2.43. The maximum Gasteiger partial charge on any atom is 0.269 e. The summed E-state index contributed by atoms with van der Waals surface area (Å²) in [4.78, 5) is 32.4. The number of carbonyl (C=O) groups is 1. The van der Waals surface area contributed by atoms with Crippen LogP contribution in [0.3, 0.4) is 0 Å². The summed E-state index contributed by atoms with van der Waals surface area (Å²) in [6.07, 6.45) is 2.08. The summed E-state index contributed by atoms with van der Waals surface area (Å²) in [7, 11) is 0. The van der Waals surface area contributed by atoms with Crippen molar-refractivity contribution in [3.63, 3.8) is 0 Å². The van der Waals surface area contributed by atoms with Crippen LogP contribution in [0.5, 0.6) is 5.75 Å². The summed E-state index contributed by atoms with van der Waals surface area (Å²) in [6.45, 7) is 5.17. The van der Waals surface area contributed by atoms with E-state index in [1.807, 2.05) is 6.92 Å². The lowest BCUT2D eigenvalue weighted by atomic mass is 10.1. The molecule has 4 rings (SSSR count). The van der Waals surface area contributed by atoms with E-state index in [0.29, 0.717) is 34.3 Å². The number of aromatic amines is 1. The first-order chi connectivity index (χ1) is 15.7. The molecule has 0 spiro atoms. The van der Waals surface area contributed by atoms with E-state index in [4.69, 9.17) is 20.8 Å². The van der Waals surface area contributed by atoms with Gasteiger partial charge in [-0.15, -0.1) is 0 Å². The minimum atomic E-state index is -1.24. The largest absolute Gasteiger partial charge is 0.478 e. The molecule has 3 aromatic heterocycles. The molecule has 10 heteroatoms. The van der Waals surface area contributed by atoms with Gasteiger partial charge in [0.2, 0.25) is 5.95 Å². The number of aromatic nitrogens is 4. The Morgan fingerprint density at radius 2 is 2.00 bits per heavy atom. The second-order valence-corrected chi connectivity index (χ2v) is 8.17. The number of benzene rings is 1. The number of H-pyrrole nitrogens is 1. The first-order valence-corrected chi connectivity index (χ1v) is 10.6. The number of ether oxygens (including phenoxy) is 1. The number of amides is 1. The highest BCUT2D eigenvalue weighted by Crippen LogP contribution is 2.26. The molecule has 0 bridgehead atoms. The molecule has 2 N–H and O–H groups in total. The minimum Gasteiger partial charge on any atom is -0.478 e. The van der Waals surface area contributed by atoms with Crippen molar-refractivity contribution in [2.75, 3.05) is 5.32 Å². The van der Waals surface area contributed by atoms with Crippen LogP contribution < -0.4 is 15.6 Å². The van der Waals surface area contributed by atoms with Crippen LogP contribution in [-0.2, 0) is 11.2 Å². The van der Waals surface area contributed by atoms with Crippen molar-refractivity contribution >= 4 is 23.3 Å². The molecule has 0 aliphatic heterocycles. The molecular weight excluding hydrogens is 446 g/mol. The number of nitrogens with one attached hydrogen (secondary N) is 2. The summed E-state index contributed by atoms with van der Waals surface area (Å²) in [5.41, 5.74) is -0.515. The van der Waals surface area contributed by atoms with Crippen molar-refractivity contribution < 1.29 is 13.9 Å². The van der Waals surface area contributed by atoms with Crippen molar-refractivity contribution in [2.45, 2.75) is 32.8 Å². The molecule has 0 saturated carbocycles. The molecular formula is C23H22ClN5O4. The Bertz CT molecular complexity index is 1320. The standard InChI is InChI=1S/C23H22ClN5O4/c1-4-15-12-20(30)27-22(25-15)29-19(13-17(28-29)18-6-5-11-32-18)26-21(31)23(2,3)33-16-9-7-14(24)8-10-16/h5-13H,4H2,1-3H3,(H,26,31)(H,25,27,30). The number of nitrogens with zero attached hydrogens (tertiary/aromatic N) is 3. The van der Waals surface area contributed by atoms with Crippen LogP contribution in [0.25, 0.3) is 17.4 Å². The van der Waals surface area contributed by atoms with Gasteiger partial charge >= 0.3 is 0 Å². The Labute approximate surface area is 194 Å². The quantitative estimate of drug-likeness (QED) is 0.420. The molecule has 170 valence electrons. The van der Waals surface area contributed by atoms with Gasteiger partial charge in [0.15, 0.2) is 11.4 Å². The Kier molecular flexibility index (Phi) is 6.06. The number of anilines is 1. The van der Waals surface area contributed by atoms with Gasteiger partial charge in [-0.05, 0) is 56.7 Å². The number of hydrogen-bond donors (Lipinski definition) is 2. The molecule has 0 fully saturated rings. The second kappa shape index (κ2) is 8.95. The van der Waals surface area contributed by atoms with Gasteiger partial charge < -0.3 is 14.5 Å². The third-order valence-corrected chi connectivity index (χ3v) is 5.06. The molecule has 0 aliphatic rings. The molecule has 0 radical (unpaired) electrons. The average molecular weight is 468 g/mol. The molecule has 4 aromatic rings. The van der Waals surface area contributed by atoms with E-state index in [9.17, 15) is 9.59 Å². The highest BCUT2D eigenvalue weighted by atomic mass is 35.5. The zero-order valence-corrected chi connectivity index (χ0v) is 19.0. The lowest BCUT2D eigenvalue weighted by Gasteiger charge is -2.25. The zero-order chi connectivity index (χ0) is 23.6. The summed E-state index contributed by atoms with van der Waals surface area (Å²) in [5, 5.41) is 7.88. The number of carbonyl (C=O) groups excluding carboxylic acids is 1. The lowest BCUT2D eigenvalue weighted by molar-refractivity contribution is -0.128. The van der Waals surface area contributed by atoms with Gasteiger partial charge in [0.05, 0.1) is 6.26 Å². The second-order valence-electron chi connectivity index (χ2n) is 7.74. The predicted molar refractivity (Wildman–Crippen MR) is 124 cm³/mol. The normalized spacial score (nSPS) is 11.4. The van der Waals surface area contributed by atoms with E-state index in [-0.39, 0.29) is 17.3 Å². The number of aryl methyl sites for hydroxylation is 1. The molecule has 1 amide bonds. The predicted octanol–water partition coefficient (Wildman–Crippen LogP) is 4.23. The van der Waals surface area contributed by atoms with E-state index in [1.165, 1.54) is 17.0 Å². The maximum absolute atomic E-state index is 13.2. The fourth-order valence-electron chi connectivity index (χ4n) is 3.06. The van der Waals surface area contributed by atoms with Gasteiger partial charge in [0.25, 0.3) is 11.5 Å². The van der Waals surface area contributed by atoms with Crippen LogP contribution in [-0.4, -0.2) is 31.3 Å². The van der Waals surface area contributed by atoms with Crippen LogP contribution in [0, 0.1) is 0 Å². The third-order valence-electron chi connectivity index (χ3n) is 4.80. The van der Waals surface area contributed by atoms with E-state index in [0.717, 1.165) is 0 Å². The van der Waals surface area contributed by atoms with Crippen molar-refractivity contribution in [1.29, 1.82) is 0 Å². The summed E-state index contributed by atoms with van der Waals surface area (Å²) >= 11 is 5.92. The van der Waals surface area contributed by atoms with Gasteiger partial charge in [0, 0.05) is 22.8 Å². The van der Waals surface area contributed by atoms with Crippen LogP contribution in [0.15, 0.2) is 64.0 Å². The summed E-state index contributed by atoms with van der Waals surface area (Å²) in [6, 6.07) is 13.2. The van der Waals surface area contributed by atoms with E-state index >= 15 is 0 Å². The van der Waals surface area contributed by atoms with E-state index < -0.39 is 11.5 Å². The first-order valence-electron chi connectivity index (χ1n) is 10.3. The molecule has 9 nitrogen and oxygen atoms in total. The maximum atomic E-state index is 13.2. The van der Waals surface area contributed by atoms with Crippen molar-refractivity contribution in [3.05, 3.63) is 75.9 Å². The molecule has 0 aliphatic carbocycles. The number of rotatable bonds is 7. The van der Waals surface area contributed by atoms with Crippen LogP contribution in [0.2, 0.25) is 5.02 Å². The smallest absolute Gasteiger partial charge is 0.269 e. The average Bonchev–Trinajstić information content (AvgIpc) is 3.45. The Balaban J connectivity index is 1.68. The van der Waals surface area contributed by atoms with Gasteiger partial charge in [-0.1, -0.05) is 18.5 Å². The van der Waals surface area contributed by atoms with Crippen molar-refractivity contribution in [1.82, 2.24) is 19.7 Å². The SMILES string of the molecule is CCc1cc(=O)[nH]c(-n2nc(-c3ccco3)cc2NC(=O)C(C)(C)Oc2ccc(Cl)cc2)n1. The molecule has 33 heavy (non-hydrogen) atoms. The molecule has 1 aromatic carbocycles. The van der Waals surface area contributed by atoms with E-state index in [2.05, 4.69) is 20.4 Å². The molecule has 0 unspecified atom stereocenters. The Hall–Kier alpha value is -3.85. The van der Waals surface area contributed by atoms with Gasteiger partial charge in [0.1, 0.15) is 17.3 Å². The van der Waals surface area contributed by atoms with Crippen LogP contribution in [0.4, 0.5) is 5.82 Å². The van der Waals surface area contributed by atoms with Crippen LogP contribution in [0.1, 0.15) is 26.5 Å².